The summed E-state index contributed by atoms with van der Waals surface area (Å²) in [5.74, 6) is -2.01. The van der Waals surface area contributed by atoms with Crippen LogP contribution in [-0.2, 0) is 16.1 Å². The van der Waals surface area contributed by atoms with Gasteiger partial charge in [0.15, 0.2) is 0 Å². The molecule has 0 bridgehead atoms. The number of aromatic hydroxyl groups is 1. The summed E-state index contributed by atoms with van der Waals surface area (Å²) in [6.07, 6.45) is 0.908. The van der Waals surface area contributed by atoms with Crippen LogP contribution in [0.4, 0.5) is 0 Å². The predicted octanol–water partition coefficient (Wildman–Crippen LogP) is 4.41. The van der Waals surface area contributed by atoms with E-state index in [1.807, 2.05) is 0 Å². The molecule has 0 aliphatic carbocycles. The average molecular weight is 519 g/mol. The molecule has 8 nitrogen and oxygen atoms in total. The third-order valence-electron chi connectivity index (χ3n) is 5.33. The molecule has 0 saturated heterocycles. The van der Waals surface area contributed by atoms with E-state index in [2.05, 4.69) is 10.3 Å². The van der Waals surface area contributed by atoms with Gasteiger partial charge in [-0.25, -0.2) is 4.79 Å². The molecular weight excluding hydrogens is 495 g/mol. The van der Waals surface area contributed by atoms with Crippen LogP contribution in [0, 0.1) is 0 Å². The number of nitrogens with one attached hydrogen (secondary N) is 2. The van der Waals surface area contributed by atoms with Crippen molar-refractivity contribution in [2.45, 2.75) is 25.8 Å². The minimum absolute atomic E-state index is 0.0890. The summed E-state index contributed by atoms with van der Waals surface area (Å²) >= 11 is 12.0. The zero-order chi connectivity index (χ0) is 25.5. The predicted molar refractivity (Wildman–Crippen MR) is 132 cm³/mol. The molecule has 3 aromatic rings. The molecule has 1 aromatic heterocycles. The summed E-state index contributed by atoms with van der Waals surface area (Å²) in [5, 5.41) is 14.4. The second kappa shape index (κ2) is 11.8. The van der Waals surface area contributed by atoms with Crippen LogP contribution in [0.5, 0.6) is 11.5 Å². The number of hydrogen-bond acceptors (Lipinski definition) is 6. The van der Waals surface area contributed by atoms with Gasteiger partial charge in [0.05, 0.1) is 29.3 Å². The van der Waals surface area contributed by atoms with Crippen LogP contribution in [0.1, 0.15) is 46.3 Å². The molecule has 184 valence electrons. The Hall–Kier alpha value is -3.49. The van der Waals surface area contributed by atoms with E-state index in [1.54, 1.807) is 49.4 Å². The number of ether oxygens (including phenoxy) is 2. The first-order chi connectivity index (χ1) is 16.7. The lowest BCUT2D eigenvalue weighted by molar-refractivity contribution is -0.121. The molecule has 3 N–H and O–H groups in total. The van der Waals surface area contributed by atoms with E-state index in [4.69, 9.17) is 32.7 Å². The van der Waals surface area contributed by atoms with Crippen LogP contribution in [0.15, 0.2) is 53.5 Å². The summed E-state index contributed by atoms with van der Waals surface area (Å²) in [4.78, 5) is 40.5. The van der Waals surface area contributed by atoms with E-state index in [0.29, 0.717) is 21.4 Å². The molecule has 35 heavy (non-hydrogen) atoms. The van der Waals surface area contributed by atoms with Crippen molar-refractivity contribution in [1.82, 2.24) is 10.3 Å². The fourth-order valence-electron chi connectivity index (χ4n) is 3.55. The fourth-order valence-corrected chi connectivity index (χ4v) is 3.88. The summed E-state index contributed by atoms with van der Waals surface area (Å²) in [6.45, 7) is 1.89. The van der Waals surface area contributed by atoms with Crippen molar-refractivity contribution in [3.05, 3.63) is 91.3 Å². The van der Waals surface area contributed by atoms with E-state index < -0.39 is 29.1 Å². The average Bonchev–Trinajstić information content (AvgIpc) is 2.84. The second-order valence-electron chi connectivity index (χ2n) is 7.57. The monoisotopic (exact) mass is 518 g/mol. The van der Waals surface area contributed by atoms with Crippen LogP contribution in [0.25, 0.3) is 0 Å². The molecule has 0 aliphatic heterocycles. The largest absolute Gasteiger partial charge is 0.506 e. The molecule has 0 aliphatic rings. The number of aromatic nitrogens is 1. The summed E-state index contributed by atoms with van der Waals surface area (Å²) in [7, 11) is 1.52. The third-order valence-corrected chi connectivity index (χ3v) is 6.07. The number of halogens is 2. The van der Waals surface area contributed by atoms with Gasteiger partial charge in [-0.15, -0.1) is 0 Å². The van der Waals surface area contributed by atoms with Crippen molar-refractivity contribution in [3.8, 4) is 11.5 Å². The van der Waals surface area contributed by atoms with Gasteiger partial charge in [0.25, 0.3) is 5.56 Å². The third kappa shape index (κ3) is 6.35. The normalized spacial score (nSPS) is 11.5. The van der Waals surface area contributed by atoms with Crippen molar-refractivity contribution in [2.75, 3.05) is 13.7 Å². The molecular formula is C25H24Cl2N2O6. The Bertz CT molecular complexity index is 1270. The minimum atomic E-state index is -0.868. The Balaban J connectivity index is 1.95. The van der Waals surface area contributed by atoms with Crippen LogP contribution < -0.4 is 15.6 Å². The first-order valence-corrected chi connectivity index (χ1v) is 11.5. The van der Waals surface area contributed by atoms with Gasteiger partial charge in [-0.2, -0.15) is 0 Å². The number of amides is 1. The highest BCUT2D eigenvalue weighted by Crippen LogP contribution is 2.34. The number of benzene rings is 2. The summed E-state index contributed by atoms with van der Waals surface area (Å²) in [6, 6.07) is 11.7. The molecule has 1 unspecified atom stereocenters. The number of aromatic amines is 1. The maximum atomic E-state index is 12.9. The highest BCUT2D eigenvalue weighted by molar-refractivity contribution is 6.42. The van der Waals surface area contributed by atoms with Gasteiger partial charge >= 0.3 is 5.97 Å². The molecule has 0 saturated carbocycles. The van der Waals surface area contributed by atoms with Crippen molar-refractivity contribution in [3.63, 3.8) is 0 Å². The van der Waals surface area contributed by atoms with Gasteiger partial charge < -0.3 is 24.9 Å². The fraction of sp³-hybridized carbons (Fsp3) is 0.240. The van der Waals surface area contributed by atoms with Gasteiger partial charge in [0.2, 0.25) is 5.91 Å². The molecule has 0 fully saturated rings. The Morgan fingerprint density at radius 3 is 2.46 bits per heavy atom. The SMILES string of the molecule is CCOC(=O)c1c[nH]c(=O)c(C(CC(=O)NCc2ccc(Cl)c(Cl)c2)c2ccc(OC)cc2)c1O. The second-order valence-corrected chi connectivity index (χ2v) is 8.38. The highest BCUT2D eigenvalue weighted by Gasteiger charge is 2.28. The number of methoxy groups -OCH3 is 1. The molecule has 0 radical (unpaired) electrons. The van der Waals surface area contributed by atoms with Crippen LogP contribution >= 0.6 is 23.2 Å². The Labute approximate surface area is 211 Å². The van der Waals surface area contributed by atoms with Crippen molar-refractivity contribution in [1.29, 1.82) is 0 Å². The van der Waals surface area contributed by atoms with Gasteiger partial charge in [0.1, 0.15) is 17.1 Å². The number of rotatable bonds is 9. The molecule has 1 amide bonds. The number of hydrogen-bond donors (Lipinski definition) is 3. The zero-order valence-electron chi connectivity index (χ0n) is 19.1. The topological polar surface area (TPSA) is 118 Å². The first kappa shape index (κ1) is 26.1. The lowest BCUT2D eigenvalue weighted by atomic mass is 9.87. The number of carbonyl (C=O) groups excluding carboxylic acids is 2. The Morgan fingerprint density at radius 2 is 1.83 bits per heavy atom. The standard InChI is InChI=1S/C25H24Cl2N2O6/c1-3-35-25(33)18-13-29-24(32)22(23(18)31)17(15-5-7-16(34-2)8-6-15)11-21(30)28-12-14-4-9-19(26)20(27)10-14/h4-10,13,17H,3,11-12H2,1-2H3,(H,28,30)(H2,29,31,32). The molecule has 10 heteroatoms. The number of H-pyrrole nitrogens is 1. The number of esters is 1. The van der Waals surface area contributed by atoms with Crippen LogP contribution in [0.3, 0.4) is 0 Å². The van der Waals surface area contributed by atoms with E-state index in [-0.39, 0.29) is 30.7 Å². The molecule has 1 heterocycles. The van der Waals surface area contributed by atoms with E-state index in [9.17, 15) is 19.5 Å². The molecule has 0 spiro atoms. The lowest BCUT2D eigenvalue weighted by Gasteiger charge is -2.19. The van der Waals surface area contributed by atoms with E-state index in [1.165, 1.54) is 7.11 Å². The van der Waals surface area contributed by atoms with Gasteiger partial charge in [-0.3, -0.25) is 9.59 Å². The molecule has 2 aromatic carbocycles. The first-order valence-electron chi connectivity index (χ1n) is 10.7. The smallest absolute Gasteiger partial charge is 0.343 e. The summed E-state index contributed by atoms with van der Waals surface area (Å²) < 4.78 is 10.2. The highest BCUT2D eigenvalue weighted by atomic mass is 35.5. The number of carbonyl (C=O) groups is 2. The maximum Gasteiger partial charge on any atom is 0.343 e. The molecule has 3 rings (SSSR count). The zero-order valence-corrected chi connectivity index (χ0v) is 20.6. The van der Waals surface area contributed by atoms with Crippen LogP contribution in [0.2, 0.25) is 10.0 Å². The van der Waals surface area contributed by atoms with Gasteiger partial charge in [-0.05, 0) is 42.3 Å². The van der Waals surface area contributed by atoms with Gasteiger partial charge in [0, 0.05) is 25.1 Å². The van der Waals surface area contributed by atoms with Crippen LogP contribution in [-0.4, -0.2) is 35.7 Å². The minimum Gasteiger partial charge on any atom is -0.506 e. The van der Waals surface area contributed by atoms with E-state index in [0.717, 1.165) is 11.8 Å². The van der Waals surface area contributed by atoms with Crippen molar-refractivity contribution in [2.24, 2.45) is 0 Å². The maximum absolute atomic E-state index is 12.9. The van der Waals surface area contributed by atoms with Crippen molar-refractivity contribution >= 4 is 35.1 Å². The van der Waals surface area contributed by atoms with Crippen molar-refractivity contribution < 1.29 is 24.2 Å². The Morgan fingerprint density at radius 1 is 1.11 bits per heavy atom. The quantitative estimate of drug-likeness (QED) is 0.361. The van der Waals surface area contributed by atoms with E-state index >= 15 is 0 Å². The molecule has 1 atom stereocenters. The summed E-state index contributed by atoms with van der Waals surface area (Å²) in [5.41, 5.74) is 0.353. The van der Waals surface area contributed by atoms with Gasteiger partial charge in [-0.1, -0.05) is 41.4 Å². The Kier molecular flexibility index (Phi) is 8.78. The number of pyridine rings is 1. The lowest BCUT2D eigenvalue weighted by Crippen LogP contribution is -2.27.